The van der Waals surface area contributed by atoms with Gasteiger partial charge >= 0.3 is 5.97 Å². The van der Waals surface area contributed by atoms with Crippen molar-refractivity contribution in [2.45, 2.75) is 13.8 Å². The van der Waals surface area contributed by atoms with Crippen LogP contribution < -0.4 is 0 Å². The molecule has 0 atom stereocenters. The fourth-order valence-corrected chi connectivity index (χ4v) is 1.86. The first-order valence-electron chi connectivity index (χ1n) is 5.63. The summed E-state index contributed by atoms with van der Waals surface area (Å²) < 4.78 is 14.6. The van der Waals surface area contributed by atoms with E-state index in [1.54, 1.807) is 13.0 Å². The van der Waals surface area contributed by atoms with E-state index in [9.17, 15) is 14.0 Å². The van der Waals surface area contributed by atoms with E-state index < -0.39 is 11.8 Å². The summed E-state index contributed by atoms with van der Waals surface area (Å²) in [4.78, 5) is 22.5. The number of carbonyl (C=O) groups is 2. The molecule has 0 bridgehead atoms. The number of benzene rings is 1. The quantitative estimate of drug-likeness (QED) is 0.864. The Hall–Kier alpha value is -2.43. The van der Waals surface area contributed by atoms with Gasteiger partial charge in [-0.15, -0.1) is 0 Å². The molecule has 4 nitrogen and oxygen atoms in total. The normalized spacial score (nSPS) is 10.5. The Labute approximate surface area is 109 Å². The Morgan fingerprint density at radius 1 is 1.26 bits per heavy atom. The second-order valence-corrected chi connectivity index (χ2v) is 4.28. The van der Waals surface area contributed by atoms with Crippen LogP contribution in [0.15, 0.2) is 30.5 Å². The Morgan fingerprint density at radius 2 is 1.95 bits per heavy atom. The number of aromatic nitrogens is 1. The number of aryl methyl sites for hydroxylation is 1. The summed E-state index contributed by atoms with van der Waals surface area (Å²) in [6, 6.07) is 5.39. The number of halogens is 1. The Morgan fingerprint density at radius 3 is 2.53 bits per heavy atom. The molecule has 19 heavy (non-hydrogen) atoms. The van der Waals surface area contributed by atoms with Crippen LogP contribution >= 0.6 is 0 Å². The van der Waals surface area contributed by atoms with Crippen molar-refractivity contribution in [3.63, 3.8) is 0 Å². The van der Waals surface area contributed by atoms with Gasteiger partial charge in [0.05, 0.1) is 5.69 Å². The van der Waals surface area contributed by atoms with E-state index in [-0.39, 0.29) is 17.0 Å². The summed E-state index contributed by atoms with van der Waals surface area (Å²) in [7, 11) is 0. The van der Waals surface area contributed by atoms with E-state index in [1.165, 1.54) is 35.9 Å². The smallest absolute Gasteiger partial charge is 0.352 e. The van der Waals surface area contributed by atoms with Crippen LogP contribution in [-0.4, -0.2) is 21.4 Å². The summed E-state index contributed by atoms with van der Waals surface area (Å²) in [6.07, 6.45) is 1.41. The summed E-state index contributed by atoms with van der Waals surface area (Å²) in [5.41, 5.74) is 1.33. The van der Waals surface area contributed by atoms with E-state index in [4.69, 9.17) is 5.11 Å². The molecule has 0 radical (unpaired) electrons. The molecule has 5 heteroatoms. The van der Waals surface area contributed by atoms with Gasteiger partial charge in [-0.25, -0.2) is 9.18 Å². The molecule has 0 aliphatic carbocycles. The summed E-state index contributed by atoms with van der Waals surface area (Å²) in [6.45, 7) is 3.09. The average molecular weight is 261 g/mol. The maximum absolute atomic E-state index is 13.3. The topological polar surface area (TPSA) is 59.3 Å². The van der Waals surface area contributed by atoms with Crippen LogP contribution in [0.3, 0.4) is 0 Å². The Bertz CT molecular complexity index is 673. The zero-order chi connectivity index (χ0) is 14.2. The van der Waals surface area contributed by atoms with Crippen molar-refractivity contribution >= 4 is 11.8 Å². The molecule has 1 heterocycles. The minimum absolute atomic E-state index is 0.0705. The first kappa shape index (κ1) is 13.0. The molecule has 2 aromatic rings. The van der Waals surface area contributed by atoms with Crippen molar-refractivity contribution < 1.29 is 19.1 Å². The first-order valence-corrected chi connectivity index (χ1v) is 5.63. The van der Waals surface area contributed by atoms with Crippen LogP contribution in [0.1, 0.15) is 33.3 Å². The van der Waals surface area contributed by atoms with Crippen molar-refractivity contribution in [2.24, 2.45) is 0 Å². The molecular formula is C14H12FNO3. The third-order valence-electron chi connectivity index (χ3n) is 2.88. The number of nitrogens with zero attached hydrogens (tertiary/aromatic N) is 1. The fraction of sp³-hybridized carbons (Fsp3) is 0.143. The molecular weight excluding hydrogens is 249 g/mol. The van der Waals surface area contributed by atoms with Gasteiger partial charge < -0.3 is 9.67 Å². The molecule has 0 spiro atoms. The van der Waals surface area contributed by atoms with Crippen molar-refractivity contribution in [3.8, 4) is 5.69 Å². The number of carboxylic acids is 1. The lowest BCUT2D eigenvalue weighted by Gasteiger charge is -2.09. The minimum Gasteiger partial charge on any atom is -0.477 e. The molecule has 1 aromatic heterocycles. The Kier molecular flexibility index (Phi) is 3.21. The number of ketones is 1. The second kappa shape index (κ2) is 4.68. The molecule has 2 rings (SSSR count). The zero-order valence-corrected chi connectivity index (χ0v) is 10.5. The van der Waals surface area contributed by atoms with Gasteiger partial charge in [0.25, 0.3) is 0 Å². The largest absolute Gasteiger partial charge is 0.477 e. The molecule has 0 fully saturated rings. The lowest BCUT2D eigenvalue weighted by Crippen LogP contribution is -2.07. The molecule has 0 aliphatic heterocycles. The zero-order valence-electron chi connectivity index (χ0n) is 10.5. The molecule has 1 aromatic carbocycles. The Balaban J connectivity index is 2.70. The molecule has 98 valence electrons. The van der Waals surface area contributed by atoms with Gasteiger partial charge in [0.2, 0.25) is 0 Å². The third-order valence-corrected chi connectivity index (χ3v) is 2.88. The van der Waals surface area contributed by atoms with Crippen molar-refractivity contribution in [1.82, 2.24) is 4.57 Å². The number of carbonyl (C=O) groups excluding carboxylic acids is 1. The van der Waals surface area contributed by atoms with Gasteiger partial charge in [0, 0.05) is 11.8 Å². The molecule has 0 aliphatic rings. The highest BCUT2D eigenvalue weighted by Gasteiger charge is 2.17. The van der Waals surface area contributed by atoms with Gasteiger partial charge in [0.15, 0.2) is 5.78 Å². The predicted octanol–water partition coefficient (Wildman–Crippen LogP) is 2.83. The number of aromatic carboxylic acids is 1. The number of hydrogen-bond acceptors (Lipinski definition) is 2. The molecule has 0 amide bonds. The maximum atomic E-state index is 13.3. The van der Waals surface area contributed by atoms with Crippen LogP contribution in [0.5, 0.6) is 0 Å². The first-order chi connectivity index (χ1) is 8.90. The van der Waals surface area contributed by atoms with Crippen molar-refractivity contribution in [2.75, 3.05) is 0 Å². The highest BCUT2D eigenvalue weighted by atomic mass is 19.1. The van der Waals surface area contributed by atoms with E-state index in [2.05, 4.69) is 0 Å². The number of carboxylic acid groups (broad SMARTS) is 1. The van der Waals surface area contributed by atoms with Gasteiger partial charge in [-0.1, -0.05) is 6.07 Å². The van der Waals surface area contributed by atoms with Gasteiger partial charge in [-0.3, -0.25) is 4.79 Å². The van der Waals surface area contributed by atoms with E-state index >= 15 is 0 Å². The third kappa shape index (κ3) is 2.40. The fourth-order valence-electron chi connectivity index (χ4n) is 1.86. The molecule has 1 N–H and O–H groups in total. The predicted molar refractivity (Wildman–Crippen MR) is 67.4 cm³/mol. The van der Waals surface area contributed by atoms with Crippen LogP contribution in [0.4, 0.5) is 4.39 Å². The van der Waals surface area contributed by atoms with E-state index in [0.717, 1.165) is 5.56 Å². The SMILES string of the molecule is CC(=O)c1cc(C(=O)O)n(-c2cc(F)ccc2C)c1. The minimum atomic E-state index is -1.17. The van der Waals surface area contributed by atoms with Crippen molar-refractivity contribution in [3.05, 3.63) is 53.1 Å². The van der Waals surface area contributed by atoms with Gasteiger partial charge in [0.1, 0.15) is 11.5 Å². The number of Topliss-reactive ketones (excluding diaryl/α,β-unsaturated/α-hetero) is 1. The lowest BCUT2D eigenvalue weighted by molar-refractivity contribution is 0.0688. The molecule has 0 unspecified atom stereocenters. The van der Waals surface area contributed by atoms with E-state index in [0.29, 0.717) is 5.69 Å². The maximum Gasteiger partial charge on any atom is 0.352 e. The van der Waals surface area contributed by atoms with Crippen molar-refractivity contribution in [1.29, 1.82) is 0 Å². The summed E-state index contributed by atoms with van der Waals surface area (Å²) >= 11 is 0. The highest BCUT2D eigenvalue weighted by Crippen LogP contribution is 2.21. The molecule has 0 saturated carbocycles. The lowest BCUT2D eigenvalue weighted by atomic mass is 10.2. The van der Waals surface area contributed by atoms with Gasteiger partial charge in [-0.05, 0) is 37.6 Å². The number of rotatable bonds is 3. The molecule has 0 saturated heterocycles. The van der Waals surface area contributed by atoms with E-state index in [1.807, 2.05) is 0 Å². The highest BCUT2D eigenvalue weighted by molar-refractivity contribution is 5.97. The summed E-state index contributed by atoms with van der Waals surface area (Å²) in [5.74, 6) is -1.87. The monoisotopic (exact) mass is 261 g/mol. The van der Waals surface area contributed by atoms with Crippen LogP contribution in [0, 0.1) is 12.7 Å². The average Bonchev–Trinajstić information content (AvgIpc) is 2.77. The van der Waals surface area contributed by atoms with Gasteiger partial charge in [-0.2, -0.15) is 0 Å². The number of hydrogen-bond donors (Lipinski definition) is 1. The van der Waals surface area contributed by atoms with Crippen LogP contribution in [-0.2, 0) is 0 Å². The summed E-state index contributed by atoms with van der Waals surface area (Å²) in [5, 5.41) is 9.16. The second-order valence-electron chi connectivity index (χ2n) is 4.28. The van der Waals surface area contributed by atoms with Crippen LogP contribution in [0.25, 0.3) is 5.69 Å². The standard InChI is InChI=1S/C14H12FNO3/c1-8-3-4-11(15)6-12(8)16-7-10(9(2)17)5-13(16)14(18)19/h3-7H,1-2H3,(H,18,19). The van der Waals surface area contributed by atoms with Crippen LogP contribution in [0.2, 0.25) is 0 Å².